The molecule has 0 amide bonds. The Hall–Kier alpha value is -2.62. The van der Waals surface area contributed by atoms with E-state index in [0.29, 0.717) is 11.3 Å². The summed E-state index contributed by atoms with van der Waals surface area (Å²) in [6.45, 7) is 0. The smallest absolute Gasteiger partial charge is 0.249 e. The molecule has 4 heteroatoms. The monoisotopic (exact) mass is 252 g/mol. The minimum atomic E-state index is -0.489. The Morgan fingerprint density at radius 3 is 2.58 bits per heavy atom. The molecule has 3 rings (SSSR count). The number of nitrogens with one attached hydrogen (secondary N) is 1. The first-order chi connectivity index (χ1) is 9.18. The molecule has 2 aromatic heterocycles. The fraction of sp³-hybridized carbons (Fsp3) is 0.0667. The fourth-order valence-corrected chi connectivity index (χ4v) is 2.20. The van der Waals surface area contributed by atoms with Crippen molar-refractivity contribution in [3.8, 4) is 0 Å². The van der Waals surface area contributed by atoms with Gasteiger partial charge in [0, 0.05) is 30.3 Å². The number of fused-ring (bicyclic) bond motifs is 1. The second-order valence-corrected chi connectivity index (χ2v) is 4.41. The Labute approximate surface area is 109 Å². The van der Waals surface area contributed by atoms with Crippen LogP contribution in [0.4, 0.5) is 0 Å². The van der Waals surface area contributed by atoms with Crippen molar-refractivity contribution in [2.75, 3.05) is 0 Å². The minimum absolute atomic E-state index is 0.398. The van der Waals surface area contributed by atoms with Crippen LogP contribution in [0.15, 0.2) is 48.8 Å². The van der Waals surface area contributed by atoms with Crippen LogP contribution in [0.1, 0.15) is 20.8 Å². The lowest BCUT2D eigenvalue weighted by molar-refractivity contribution is 0.0813. The van der Waals surface area contributed by atoms with E-state index in [1.54, 1.807) is 36.1 Å². The predicted octanol–water partition coefficient (Wildman–Crippen LogP) is 2.57. The molecule has 0 saturated heterocycles. The number of Topliss-reactive ketones (excluding diaryl/α,β-unsaturated/α-hetero) is 2. The van der Waals surface area contributed by atoms with E-state index < -0.39 is 11.6 Å². The van der Waals surface area contributed by atoms with E-state index in [0.717, 1.165) is 10.9 Å². The van der Waals surface area contributed by atoms with Gasteiger partial charge in [0.2, 0.25) is 11.6 Å². The molecule has 0 unspecified atom stereocenters. The summed E-state index contributed by atoms with van der Waals surface area (Å²) in [5.74, 6) is -0.975. The van der Waals surface area contributed by atoms with E-state index in [2.05, 4.69) is 4.98 Å². The number of benzene rings is 1. The number of para-hydroxylation sites is 1. The molecular weight excluding hydrogens is 240 g/mol. The molecule has 0 aliphatic rings. The van der Waals surface area contributed by atoms with Crippen molar-refractivity contribution in [3.05, 3.63) is 60.0 Å². The van der Waals surface area contributed by atoms with Gasteiger partial charge in [-0.25, -0.2) is 0 Å². The van der Waals surface area contributed by atoms with Crippen LogP contribution in [-0.2, 0) is 7.05 Å². The highest BCUT2D eigenvalue weighted by molar-refractivity contribution is 6.50. The summed E-state index contributed by atoms with van der Waals surface area (Å²) in [4.78, 5) is 27.5. The molecule has 0 aliphatic carbocycles. The third-order valence-corrected chi connectivity index (χ3v) is 3.22. The highest BCUT2D eigenvalue weighted by Gasteiger charge is 2.22. The average Bonchev–Trinajstić information content (AvgIpc) is 3.03. The summed E-state index contributed by atoms with van der Waals surface area (Å²) in [6.07, 6.45) is 3.34. The fourth-order valence-electron chi connectivity index (χ4n) is 2.20. The second kappa shape index (κ2) is 4.24. The highest BCUT2D eigenvalue weighted by atomic mass is 16.2. The molecule has 3 aromatic rings. The van der Waals surface area contributed by atoms with Crippen molar-refractivity contribution in [3.63, 3.8) is 0 Å². The van der Waals surface area contributed by atoms with Gasteiger partial charge in [0.25, 0.3) is 0 Å². The zero-order valence-corrected chi connectivity index (χ0v) is 10.4. The van der Waals surface area contributed by atoms with E-state index in [4.69, 9.17) is 0 Å². The summed E-state index contributed by atoms with van der Waals surface area (Å²) < 4.78 is 1.65. The van der Waals surface area contributed by atoms with Gasteiger partial charge in [0.05, 0.1) is 11.3 Å². The minimum Gasteiger partial charge on any atom is -0.360 e. The molecule has 1 N–H and O–H groups in total. The summed E-state index contributed by atoms with van der Waals surface area (Å²) in [5.41, 5.74) is 1.67. The van der Waals surface area contributed by atoms with E-state index in [9.17, 15) is 9.59 Å². The molecule has 0 spiro atoms. The maximum atomic E-state index is 12.3. The first-order valence-electron chi connectivity index (χ1n) is 5.95. The van der Waals surface area contributed by atoms with Gasteiger partial charge in [0.15, 0.2) is 0 Å². The SMILES string of the molecule is Cn1cccc1C(=O)C(=O)c1c[nH]c2ccccc12. The molecule has 94 valence electrons. The van der Waals surface area contributed by atoms with Crippen LogP contribution in [0, 0.1) is 0 Å². The van der Waals surface area contributed by atoms with Gasteiger partial charge in [-0.1, -0.05) is 18.2 Å². The van der Waals surface area contributed by atoms with Crippen LogP contribution < -0.4 is 0 Å². The zero-order valence-electron chi connectivity index (χ0n) is 10.4. The number of nitrogens with zero attached hydrogens (tertiary/aromatic N) is 1. The lowest BCUT2D eigenvalue weighted by Crippen LogP contribution is -2.17. The van der Waals surface area contributed by atoms with Crippen molar-refractivity contribution in [1.29, 1.82) is 0 Å². The number of hydrogen-bond donors (Lipinski definition) is 1. The Balaban J connectivity index is 2.05. The standard InChI is InChI=1S/C15H12N2O2/c1-17-8-4-7-13(17)15(19)14(18)11-9-16-12-6-3-2-5-10(11)12/h2-9,16H,1H3. The van der Waals surface area contributed by atoms with Crippen LogP contribution in [0.5, 0.6) is 0 Å². The van der Waals surface area contributed by atoms with Crippen LogP contribution in [-0.4, -0.2) is 21.1 Å². The van der Waals surface area contributed by atoms with E-state index in [1.165, 1.54) is 0 Å². The van der Waals surface area contributed by atoms with Gasteiger partial charge >= 0.3 is 0 Å². The third-order valence-electron chi connectivity index (χ3n) is 3.22. The normalized spacial score (nSPS) is 10.8. The zero-order chi connectivity index (χ0) is 13.4. The number of carbonyl (C=O) groups excluding carboxylic acids is 2. The molecule has 1 aromatic carbocycles. The molecule has 0 bridgehead atoms. The third kappa shape index (κ3) is 1.78. The first kappa shape index (κ1) is 11.5. The van der Waals surface area contributed by atoms with E-state index in [1.807, 2.05) is 24.3 Å². The molecular formula is C15H12N2O2. The molecule has 0 atom stereocenters. The van der Waals surface area contributed by atoms with Crippen molar-refractivity contribution in [2.45, 2.75) is 0 Å². The molecule has 0 fully saturated rings. The molecule has 0 saturated carbocycles. The molecule has 2 heterocycles. The van der Waals surface area contributed by atoms with Crippen molar-refractivity contribution >= 4 is 22.5 Å². The Bertz CT molecular complexity index is 780. The quantitative estimate of drug-likeness (QED) is 0.575. The molecule has 0 radical (unpaired) electrons. The Kier molecular flexibility index (Phi) is 2.56. The number of aryl methyl sites for hydroxylation is 1. The van der Waals surface area contributed by atoms with Gasteiger partial charge in [-0.05, 0) is 18.2 Å². The highest BCUT2D eigenvalue weighted by Crippen LogP contribution is 2.19. The lowest BCUT2D eigenvalue weighted by Gasteiger charge is -2.01. The molecule has 19 heavy (non-hydrogen) atoms. The maximum Gasteiger partial charge on any atom is 0.249 e. The van der Waals surface area contributed by atoms with Crippen molar-refractivity contribution in [1.82, 2.24) is 9.55 Å². The summed E-state index contributed by atoms with van der Waals surface area (Å²) in [7, 11) is 1.75. The first-order valence-corrected chi connectivity index (χ1v) is 5.95. The number of aromatic nitrogens is 2. The topological polar surface area (TPSA) is 54.9 Å². The van der Waals surface area contributed by atoms with Gasteiger partial charge in [-0.3, -0.25) is 9.59 Å². The van der Waals surface area contributed by atoms with Crippen molar-refractivity contribution in [2.24, 2.45) is 7.05 Å². The number of rotatable bonds is 3. The summed E-state index contributed by atoms with van der Waals surface area (Å²) >= 11 is 0. The Morgan fingerprint density at radius 2 is 1.84 bits per heavy atom. The van der Waals surface area contributed by atoms with Gasteiger partial charge in [-0.2, -0.15) is 0 Å². The predicted molar refractivity (Wildman–Crippen MR) is 72.4 cm³/mol. The number of aromatic amines is 1. The van der Waals surface area contributed by atoms with Crippen LogP contribution in [0.3, 0.4) is 0 Å². The summed E-state index contributed by atoms with van der Waals surface area (Å²) in [6, 6.07) is 10.8. The van der Waals surface area contributed by atoms with Gasteiger partial charge < -0.3 is 9.55 Å². The van der Waals surface area contributed by atoms with Gasteiger partial charge in [-0.15, -0.1) is 0 Å². The number of ketones is 2. The van der Waals surface area contributed by atoms with E-state index in [-0.39, 0.29) is 0 Å². The molecule has 4 nitrogen and oxygen atoms in total. The van der Waals surface area contributed by atoms with Crippen LogP contribution >= 0.6 is 0 Å². The van der Waals surface area contributed by atoms with Crippen LogP contribution in [0.2, 0.25) is 0 Å². The summed E-state index contributed by atoms with van der Waals surface area (Å²) in [5, 5.41) is 0.773. The number of carbonyl (C=O) groups is 2. The molecule has 0 aliphatic heterocycles. The number of H-pyrrole nitrogens is 1. The maximum absolute atomic E-state index is 12.3. The van der Waals surface area contributed by atoms with Crippen molar-refractivity contribution < 1.29 is 9.59 Å². The van der Waals surface area contributed by atoms with Crippen LogP contribution in [0.25, 0.3) is 10.9 Å². The largest absolute Gasteiger partial charge is 0.360 e. The van der Waals surface area contributed by atoms with Gasteiger partial charge in [0.1, 0.15) is 0 Å². The lowest BCUT2D eigenvalue weighted by atomic mass is 10.0. The Morgan fingerprint density at radius 1 is 1.05 bits per heavy atom. The van der Waals surface area contributed by atoms with E-state index >= 15 is 0 Å². The average molecular weight is 252 g/mol. The second-order valence-electron chi connectivity index (χ2n) is 4.41. The number of hydrogen-bond acceptors (Lipinski definition) is 2.